The summed E-state index contributed by atoms with van der Waals surface area (Å²) in [7, 11) is 0. The first-order valence-electron chi connectivity index (χ1n) is 8.74. The number of rotatable bonds is 5. The van der Waals surface area contributed by atoms with Gasteiger partial charge in [-0.05, 0) is 24.6 Å². The van der Waals surface area contributed by atoms with Crippen molar-refractivity contribution < 1.29 is 24.1 Å². The summed E-state index contributed by atoms with van der Waals surface area (Å²) in [6.45, 7) is 2.93. The summed E-state index contributed by atoms with van der Waals surface area (Å²) >= 11 is 0. The van der Waals surface area contributed by atoms with Gasteiger partial charge >= 0.3 is 0 Å². The normalized spacial score (nSPS) is 23.1. The Bertz CT molecular complexity index is 956. The van der Waals surface area contributed by atoms with E-state index in [1.165, 1.54) is 16.7 Å². The average molecular weight is 374 g/mol. The maximum Gasteiger partial charge on any atom is 0.275 e. The van der Waals surface area contributed by atoms with Crippen molar-refractivity contribution in [2.45, 2.75) is 25.6 Å². The second-order valence-corrected chi connectivity index (χ2v) is 6.80. The number of hydrogen-bond donors (Lipinski definition) is 2. The highest BCUT2D eigenvalue weighted by Crippen LogP contribution is 2.52. The van der Waals surface area contributed by atoms with Crippen LogP contribution < -0.4 is 5.56 Å². The maximum absolute atomic E-state index is 13.2. The van der Waals surface area contributed by atoms with Crippen LogP contribution in [0.4, 0.5) is 4.39 Å². The minimum Gasteiger partial charge on any atom is -0.504 e. The van der Waals surface area contributed by atoms with Gasteiger partial charge in [0, 0.05) is 25.1 Å². The molecule has 0 radical (unpaired) electrons. The van der Waals surface area contributed by atoms with Crippen molar-refractivity contribution in [1.82, 2.24) is 9.47 Å². The molecule has 7 nitrogen and oxygen atoms in total. The lowest BCUT2D eigenvalue weighted by atomic mass is 10.1. The molecule has 2 N–H and O–H groups in total. The highest BCUT2D eigenvalue weighted by atomic mass is 19.1. The van der Waals surface area contributed by atoms with Gasteiger partial charge in [-0.15, -0.1) is 0 Å². The molecule has 1 aromatic heterocycles. The molecule has 2 aliphatic rings. The summed E-state index contributed by atoms with van der Waals surface area (Å²) in [5.74, 6) is -2.25. The first-order chi connectivity index (χ1) is 12.9. The molecule has 1 amide bonds. The van der Waals surface area contributed by atoms with Crippen LogP contribution in [-0.4, -0.2) is 44.8 Å². The number of aromatic hydroxyl groups is 2. The van der Waals surface area contributed by atoms with Crippen LogP contribution in [0.1, 0.15) is 29.0 Å². The Balaban J connectivity index is 1.76. The van der Waals surface area contributed by atoms with Gasteiger partial charge in [-0.3, -0.25) is 14.2 Å². The van der Waals surface area contributed by atoms with E-state index in [1.54, 1.807) is 17.0 Å². The number of aromatic nitrogens is 1. The Morgan fingerprint density at radius 1 is 1.15 bits per heavy atom. The molecule has 1 saturated carbocycles. The second-order valence-electron chi connectivity index (χ2n) is 6.80. The Morgan fingerprint density at radius 3 is 2.52 bits per heavy atom. The predicted molar refractivity (Wildman–Crippen MR) is 93.1 cm³/mol. The zero-order valence-electron chi connectivity index (χ0n) is 14.6. The van der Waals surface area contributed by atoms with Crippen LogP contribution in [0.5, 0.6) is 11.5 Å². The Labute approximate surface area is 154 Å². The summed E-state index contributed by atoms with van der Waals surface area (Å²) in [5, 5.41) is 20.0. The van der Waals surface area contributed by atoms with Crippen molar-refractivity contribution >= 4 is 5.91 Å². The van der Waals surface area contributed by atoms with Crippen molar-refractivity contribution in [3.8, 4) is 11.5 Å². The van der Waals surface area contributed by atoms with E-state index in [0.717, 1.165) is 11.6 Å². The third-order valence-corrected chi connectivity index (χ3v) is 5.19. The summed E-state index contributed by atoms with van der Waals surface area (Å²) < 4.78 is 19.9. The fraction of sp³-hybridized carbons (Fsp3) is 0.368. The quantitative estimate of drug-likeness (QED) is 0.830. The molecule has 142 valence electrons. The highest BCUT2D eigenvalue weighted by molar-refractivity contribution is 5.97. The molecule has 0 spiro atoms. The topological polar surface area (TPSA) is 92.0 Å². The van der Waals surface area contributed by atoms with Crippen LogP contribution in [0.25, 0.3) is 0 Å². The van der Waals surface area contributed by atoms with Gasteiger partial charge in [-0.2, -0.15) is 0 Å². The number of benzene rings is 1. The number of ether oxygens (including phenoxy) is 1. The lowest BCUT2D eigenvalue weighted by Crippen LogP contribution is -2.42. The number of nitrogens with zero attached hydrogens (tertiary/aromatic N) is 2. The van der Waals surface area contributed by atoms with Gasteiger partial charge in [0.15, 0.2) is 17.2 Å². The molecule has 1 aliphatic heterocycles. The van der Waals surface area contributed by atoms with Gasteiger partial charge in [0.1, 0.15) is 5.82 Å². The zero-order valence-corrected chi connectivity index (χ0v) is 14.6. The smallest absolute Gasteiger partial charge is 0.275 e. The summed E-state index contributed by atoms with van der Waals surface area (Å²) in [5.41, 5.74) is -0.0348. The number of pyridine rings is 1. The minimum atomic E-state index is -0.623. The fourth-order valence-electron chi connectivity index (χ4n) is 3.88. The van der Waals surface area contributed by atoms with Crippen LogP contribution >= 0.6 is 0 Å². The highest BCUT2D eigenvalue weighted by Gasteiger charge is 2.61. The maximum atomic E-state index is 13.2. The number of hydrogen-bond acceptors (Lipinski definition) is 5. The monoisotopic (exact) mass is 374 g/mol. The van der Waals surface area contributed by atoms with Gasteiger partial charge in [-0.1, -0.05) is 12.1 Å². The molecule has 0 saturated heterocycles. The second kappa shape index (κ2) is 6.38. The summed E-state index contributed by atoms with van der Waals surface area (Å²) in [4.78, 5) is 27.0. The van der Waals surface area contributed by atoms with Crippen LogP contribution in [0.2, 0.25) is 0 Å². The van der Waals surface area contributed by atoms with E-state index in [4.69, 9.17) is 4.74 Å². The van der Waals surface area contributed by atoms with E-state index in [9.17, 15) is 24.2 Å². The Kier molecular flexibility index (Phi) is 4.15. The molecule has 2 heterocycles. The number of fused-ring (bicyclic) bond motifs is 3. The molecular formula is C19H19FN2O5. The van der Waals surface area contributed by atoms with Gasteiger partial charge in [0.25, 0.3) is 11.5 Å². The average Bonchev–Trinajstić information content (AvgIpc) is 3.35. The molecule has 2 aromatic rings. The molecule has 1 aliphatic carbocycles. The number of carbonyl (C=O) groups is 1. The van der Waals surface area contributed by atoms with Crippen molar-refractivity contribution in [2.75, 3.05) is 13.2 Å². The zero-order chi connectivity index (χ0) is 19.3. The van der Waals surface area contributed by atoms with Crippen molar-refractivity contribution in [1.29, 1.82) is 0 Å². The van der Waals surface area contributed by atoms with Gasteiger partial charge in [0.2, 0.25) is 0 Å². The molecule has 4 rings (SSSR count). The van der Waals surface area contributed by atoms with E-state index in [2.05, 4.69) is 0 Å². The van der Waals surface area contributed by atoms with Crippen molar-refractivity contribution in [2.24, 2.45) is 5.92 Å². The van der Waals surface area contributed by atoms with E-state index in [0.29, 0.717) is 13.2 Å². The fourth-order valence-corrected chi connectivity index (χ4v) is 3.88. The summed E-state index contributed by atoms with van der Waals surface area (Å²) in [6, 6.07) is 6.12. The molecule has 0 bridgehead atoms. The summed E-state index contributed by atoms with van der Waals surface area (Å²) in [6.07, 6.45) is 0. The Hall–Kier alpha value is -2.87. The van der Waals surface area contributed by atoms with Crippen LogP contribution in [-0.2, 0) is 11.3 Å². The van der Waals surface area contributed by atoms with Crippen LogP contribution in [0.15, 0.2) is 35.1 Å². The van der Waals surface area contributed by atoms with E-state index < -0.39 is 23.0 Å². The number of amides is 1. The van der Waals surface area contributed by atoms with Crippen LogP contribution in [0.3, 0.4) is 0 Å². The minimum absolute atomic E-state index is 0.0998. The largest absolute Gasteiger partial charge is 0.504 e. The standard InChI is InChI=1S/C19H19FN2O5/c1-2-27-9-12-15-16(12)22-14(24)7-13(23)18(25)17(22)19(26)21(15)8-10-3-5-11(20)6-4-10/h3-7,12,15-16,23,25H,2,8-9H2,1H3. The third-order valence-electron chi connectivity index (χ3n) is 5.19. The van der Waals surface area contributed by atoms with Crippen molar-refractivity contribution in [3.63, 3.8) is 0 Å². The molecule has 3 unspecified atom stereocenters. The van der Waals surface area contributed by atoms with Gasteiger partial charge in [-0.25, -0.2) is 4.39 Å². The van der Waals surface area contributed by atoms with E-state index >= 15 is 0 Å². The first kappa shape index (κ1) is 17.5. The van der Waals surface area contributed by atoms with Gasteiger partial charge < -0.3 is 19.8 Å². The molecular weight excluding hydrogens is 355 g/mol. The molecule has 1 fully saturated rings. The first-order valence-corrected chi connectivity index (χ1v) is 8.74. The number of halogens is 1. The predicted octanol–water partition coefficient (Wildman–Crippen LogP) is 1.63. The SMILES string of the molecule is CCOCC1C2C1n1c(c(O)c(O)cc1=O)C(=O)N2Cc1ccc(F)cc1. The number of carbonyl (C=O) groups excluding carboxylic acids is 1. The van der Waals surface area contributed by atoms with Crippen LogP contribution in [0, 0.1) is 11.7 Å². The molecule has 1 aromatic carbocycles. The van der Waals surface area contributed by atoms with E-state index in [1.807, 2.05) is 6.92 Å². The molecule has 27 heavy (non-hydrogen) atoms. The lowest BCUT2D eigenvalue weighted by molar-refractivity contribution is 0.0655. The lowest BCUT2D eigenvalue weighted by Gasteiger charge is -2.29. The van der Waals surface area contributed by atoms with Gasteiger partial charge in [0.05, 0.1) is 18.7 Å². The Morgan fingerprint density at radius 2 is 1.85 bits per heavy atom. The van der Waals surface area contributed by atoms with Crippen molar-refractivity contribution in [3.05, 3.63) is 57.8 Å². The molecule has 8 heteroatoms. The molecule has 3 atom stereocenters. The third kappa shape index (κ3) is 2.76. The van der Waals surface area contributed by atoms with E-state index in [-0.39, 0.29) is 36.1 Å².